The molecule has 7 heteroatoms. The summed E-state index contributed by atoms with van der Waals surface area (Å²) in [6.07, 6.45) is 2.14. The Morgan fingerprint density at radius 1 is 1.24 bits per heavy atom. The van der Waals surface area contributed by atoms with Crippen molar-refractivity contribution in [2.24, 2.45) is 0 Å². The summed E-state index contributed by atoms with van der Waals surface area (Å²) in [6, 6.07) is 2.91. The molecule has 21 heavy (non-hydrogen) atoms. The number of amides is 2. The smallest absolute Gasteiger partial charge is 0.273 e. The SMILES string of the molecule is CC(Nc1ccc(C(=O)N(C)C)nn1)C(=O)N1CCCC1. The Morgan fingerprint density at radius 3 is 2.43 bits per heavy atom. The number of nitrogens with one attached hydrogen (secondary N) is 1. The fourth-order valence-corrected chi connectivity index (χ4v) is 2.25. The Morgan fingerprint density at radius 2 is 1.90 bits per heavy atom. The van der Waals surface area contributed by atoms with Crippen molar-refractivity contribution >= 4 is 17.6 Å². The van der Waals surface area contributed by atoms with Gasteiger partial charge >= 0.3 is 0 Å². The molecule has 1 aliphatic heterocycles. The summed E-state index contributed by atoms with van der Waals surface area (Å²) < 4.78 is 0. The Bertz CT molecular complexity index is 509. The Hall–Kier alpha value is -2.18. The van der Waals surface area contributed by atoms with Crippen LogP contribution in [-0.4, -0.2) is 65.0 Å². The summed E-state index contributed by atoms with van der Waals surface area (Å²) in [5.41, 5.74) is 0.282. The maximum Gasteiger partial charge on any atom is 0.273 e. The molecule has 1 aliphatic rings. The third-order valence-corrected chi connectivity index (χ3v) is 3.44. The van der Waals surface area contributed by atoms with Crippen LogP contribution in [0.5, 0.6) is 0 Å². The fourth-order valence-electron chi connectivity index (χ4n) is 2.25. The Kier molecular flexibility index (Phi) is 4.72. The number of likely N-dealkylation sites (tertiary alicyclic amines) is 1. The molecule has 2 rings (SSSR count). The van der Waals surface area contributed by atoms with Crippen molar-refractivity contribution in [1.29, 1.82) is 0 Å². The lowest BCUT2D eigenvalue weighted by molar-refractivity contribution is -0.130. The second-order valence-corrected chi connectivity index (χ2v) is 5.40. The number of anilines is 1. The second kappa shape index (κ2) is 6.51. The molecular formula is C14H21N5O2. The molecule has 0 saturated carbocycles. The largest absolute Gasteiger partial charge is 0.357 e. The average molecular weight is 291 g/mol. The molecule has 0 radical (unpaired) electrons. The van der Waals surface area contributed by atoms with Gasteiger partial charge in [0, 0.05) is 27.2 Å². The topological polar surface area (TPSA) is 78.4 Å². The number of rotatable bonds is 4. The molecular weight excluding hydrogens is 270 g/mol. The molecule has 2 heterocycles. The van der Waals surface area contributed by atoms with Gasteiger partial charge < -0.3 is 15.1 Å². The predicted octanol–water partition coefficient (Wildman–Crippen LogP) is 0.601. The summed E-state index contributed by atoms with van der Waals surface area (Å²) in [5, 5.41) is 10.9. The fraction of sp³-hybridized carbons (Fsp3) is 0.571. The van der Waals surface area contributed by atoms with Gasteiger partial charge in [0.1, 0.15) is 11.9 Å². The molecule has 1 saturated heterocycles. The van der Waals surface area contributed by atoms with Crippen LogP contribution >= 0.6 is 0 Å². The molecule has 7 nitrogen and oxygen atoms in total. The standard InChI is InChI=1S/C14H21N5O2/c1-10(13(20)19-8-4-5-9-19)15-12-7-6-11(16-17-12)14(21)18(2)3/h6-7,10H,4-5,8-9H2,1-3H3,(H,15,17). The van der Waals surface area contributed by atoms with Crippen LogP contribution in [0.25, 0.3) is 0 Å². The van der Waals surface area contributed by atoms with Gasteiger partial charge in [-0.2, -0.15) is 0 Å². The zero-order chi connectivity index (χ0) is 15.4. The van der Waals surface area contributed by atoms with Crippen molar-refractivity contribution in [1.82, 2.24) is 20.0 Å². The summed E-state index contributed by atoms with van der Waals surface area (Å²) in [5.74, 6) is 0.364. The molecule has 0 aliphatic carbocycles. The monoisotopic (exact) mass is 291 g/mol. The second-order valence-electron chi connectivity index (χ2n) is 5.40. The molecule has 1 aromatic heterocycles. The molecule has 1 aromatic rings. The summed E-state index contributed by atoms with van der Waals surface area (Å²) >= 11 is 0. The number of hydrogen-bond donors (Lipinski definition) is 1. The highest BCUT2D eigenvalue weighted by Gasteiger charge is 2.23. The van der Waals surface area contributed by atoms with Gasteiger partial charge in [-0.15, -0.1) is 10.2 Å². The van der Waals surface area contributed by atoms with Crippen molar-refractivity contribution in [2.45, 2.75) is 25.8 Å². The van der Waals surface area contributed by atoms with Gasteiger partial charge in [-0.25, -0.2) is 0 Å². The molecule has 0 aromatic carbocycles. The van der Waals surface area contributed by atoms with E-state index in [1.807, 2.05) is 4.90 Å². The van der Waals surface area contributed by atoms with Crippen molar-refractivity contribution in [3.05, 3.63) is 17.8 Å². The van der Waals surface area contributed by atoms with Crippen molar-refractivity contribution < 1.29 is 9.59 Å². The lowest BCUT2D eigenvalue weighted by Gasteiger charge is -2.21. The van der Waals surface area contributed by atoms with E-state index in [1.165, 1.54) is 4.90 Å². The Labute approximate surface area is 124 Å². The van der Waals surface area contributed by atoms with Crippen LogP contribution in [0.15, 0.2) is 12.1 Å². The molecule has 1 atom stereocenters. The van der Waals surface area contributed by atoms with Crippen LogP contribution < -0.4 is 5.32 Å². The predicted molar refractivity (Wildman–Crippen MR) is 78.9 cm³/mol. The van der Waals surface area contributed by atoms with E-state index in [4.69, 9.17) is 0 Å². The van der Waals surface area contributed by atoms with Crippen LogP contribution in [-0.2, 0) is 4.79 Å². The van der Waals surface area contributed by atoms with Gasteiger partial charge in [-0.3, -0.25) is 9.59 Å². The highest BCUT2D eigenvalue weighted by Crippen LogP contribution is 2.11. The number of carbonyl (C=O) groups is 2. The summed E-state index contributed by atoms with van der Waals surface area (Å²) in [7, 11) is 3.32. The third-order valence-electron chi connectivity index (χ3n) is 3.44. The summed E-state index contributed by atoms with van der Waals surface area (Å²) in [6.45, 7) is 3.46. The van der Waals surface area contributed by atoms with Gasteiger partial charge in [0.2, 0.25) is 5.91 Å². The molecule has 0 bridgehead atoms. The van der Waals surface area contributed by atoms with Crippen LogP contribution in [0.1, 0.15) is 30.3 Å². The minimum absolute atomic E-state index is 0.0720. The number of aromatic nitrogens is 2. The lowest BCUT2D eigenvalue weighted by Crippen LogP contribution is -2.39. The van der Waals surface area contributed by atoms with Crippen molar-refractivity contribution in [3.63, 3.8) is 0 Å². The molecule has 0 spiro atoms. The van der Waals surface area contributed by atoms with Crippen LogP contribution in [0.3, 0.4) is 0 Å². The highest BCUT2D eigenvalue weighted by atomic mass is 16.2. The van der Waals surface area contributed by atoms with E-state index < -0.39 is 0 Å². The highest BCUT2D eigenvalue weighted by molar-refractivity contribution is 5.91. The van der Waals surface area contributed by atoms with E-state index in [0.29, 0.717) is 5.82 Å². The normalized spacial score (nSPS) is 15.7. The number of nitrogens with zero attached hydrogens (tertiary/aromatic N) is 4. The van der Waals surface area contributed by atoms with Crippen molar-refractivity contribution in [2.75, 3.05) is 32.5 Å². The van der Waals surface area contributed by atoms with E-state index in [1.54, 1.807) is 33.2 Å². The van der Waals surface area contributed by atoms with Gasteiger partial charge in [0.25, 0.3) is 5.91 Å². The first-order valence-corrected chi connectivity index (χ1v) is 7.09. The Balaban J connectivity index is 1.96. The minimum atomic E-state index is -0.354. The van der Waals surface area contributed by atoms with E-state index in [2.05, 4.69) is 15.5 Å². The maximum atomic E-state index is 12.2. The number of carbonyl (C=O) groups excluding carboxylic acids is 2. The zero-order valence-electron chi connectivity index (χ0n) is 12.7. The van der Waals surface area contributed by atoms with Gasteiger partial charge in [-0.1, -0.05) is 0 Å². The summed E-state index contributed by atoms with van der Waals surface area (Å²) in [4.78, 5) is 27.2. The van der Waals surface area contributed by atoms with E-state index in [-0.39, 0.29) is 23.6 Å². The quantitative estimate of drug-likeness (QED) is 0.879. The van der Waals surface area contributed by atoms with E-state index >= 15 is 0 Å². The molecule has 1 unspecified atom stereocenters. The first-order chi connectivity index (χ1) is 9.99. The first-order valence-electron chi connectivity index (χ1n) is 7.09. The minimum Gasteiger partial charge on any atom is -0.357 e. The van der Waals surface area contributed by atoms with Crippen LogP contribution in [0.4, 0.5) is 5.82 Å². The van der Waals surface area contributed by atoms with Crippen LogP contribution in [0.2, 0.25) is 0 Å². The van der Waals surface area contributed by atoms with Gasteiger partial charge in [-0.05, 0) is 31.9 Å². The van der Waals surface area contributed by atoms with Crippen molar-refractivity contribution in [3.8, 4) is 0 Å². The molecule has 2 amide bonds. The maximum absolute atomic E-state index is 12.2. The van der Waals surface area contributed by atoms with E-state index in [0.717, 1.165) is 25.9 Å². The first kappa shape index (κ1) is 15.2. The zero-order valence-corrected chi connectivity index (χ0v) is 12.7. The van der Waals surface area contributed by atoms with E-state index in [9.17, 15) is 9.59 Å². The van der Waals surface area contributed by atoms with Crippen LogP contribution in [0, 0.1) is 0 Å². The molecule has 1 N–H and O–H groups in total. The van der Waals surface area contributed by atoms with Gasteiger partial charge in [0.15, 0.2) is 5.69 Å². The average Bonchev–Trinajstić information content (AvgIpc) is 3.00. The molecule has 114 valence electrons. The lowest BCUT2D eigenvalue weighted by atomic mass is 10.3. The van der Waals surface area contributed by atoms with Gasteiger partial charge in [0.05, 0.1) is 0 Å². The molecule has 1 fully saturated rings. The third kappa shape index (κ3) is 3.68. The number of hydrogen-bond acceptors (Lipinski definition) is 5.